The smallest absolute Gasteiger partial charge is 0.405 e. The van der Waals surface area contributed by atoms with Crippen molar-refractivity contribution in [2.75, 3.05) is 36.9 Å². The summed E-state index contributed by atoms with van der Waals surface area (Å²) < 4.78 is 48.8. The predicted octanol–water partition coefficient (Wildman–Crippen LogP) is 4.54. The van der Waals surface area contributed by atoms with Gasteiger partial charge in [0.05, 0.1) is 24.5 Å². The first-order chi connectivity index (χ1) is 14.8. The predicted molar refractivity (Wildman–Crippen MR) is 114 cm³/mol. The molecule has 0 amide bonds. The van der Waals surface area contributed by atoms with Crippen LogP contribution in [0.3, 0.4) is 0 Å². The maximum Gasteiger partial charge on any atom is 0.573 e. The van der Waals surface area contributed by atoms with Gasteiger partial charge in [-0.2, -0.15) is 11.3 Å². The molecule has 0 unspecified atom stereocenters. The SMILES string of the molecule is N=C(c1cc(N2CCOCC2)ccc1OC(F)(F)F)c1c(-c2ccsc2)ccnc1N. The highest BCUT2D eigenvalue weighted by Crippen LogP contribution is 2.36. The molecule has 162 valence electrons. The standard InChI is InChI=1S/C21H19F3N4O2S/c22-21(23,24)30-17-2-1-14(28-6-8-29-9-7-28)11-16(17)19(25)18-15(3-5-27-20(18)26)13-4-10-31-12-13/h1-5,10-12,25H,6-9H2,(H2,26,27). The molecule has 0 aliphatic carbocycles. The van der Waals surface area contributed by atoms with Crippen LogP contribution in [0.4, 0.5) is 24.7 Å². The van der Waals surface area contributed by atoms with E-state index in [0.717, 1.165) is 5.56 Å². The number of nitrogens with zero attached hydrogens (tertiary/aromatic N) is 2. The van der Waals surface area contributed by atoms with Gasteiger partial charge >= 0.3 is 6.36 Å². The molecule has 0 bridgehead atoms. The van der Waals surface area contributed by atoms with Gasteiger partial charge in [0.25, 0.3) is 0 Å². The molecule has 4 rings (SSSR count). The molecule has 6 nitrogen and oxygen atoms in total. The average Bonchev–Trinajstić information content (AvgIpc) is 3.28. The number of benzene rings is 1. The van der Waals surface area contributed by atoms with Gasteiger partial charge in [-0.1, -0.05) is 0 Å². The maximum atomic E-state index is 13.1. The van der Waals surface area contributed by atoms with Gasteiger partial charge in [-0.15, -0.1) is 13.2 Å². The van der Waals surface area contributed by atoms with Gasteiger partial charge in [0.2, 0.25) is 0 Å². The average molecular weight is 448 g/mol. The number of nitrogens with one attached hydrogen (secondary N) is 1. The zero-order valence-corrected chi connectivity index (χ0v) is 17.1. The third-order valence-corrected chi connectivity index (χ3v) is 5.58. The van der Waals surface area contributed by atoms with Crippen molar-refractivity contribution < 1.29 is 22.6 Å². The van der Waals surface area contributed by atoms with Gasteiger partial charge in [-0.05, 0) is 52.2 Å². The first-order valence-corrected chi connectivity index (χ1v) is 10.4. The number of morpholine rings is 1. The zero-order valence-electron chi connectivity index (χ0n) is 16.3. The minimum absolute atomic E-state index is 0.0162. The molecule has 3 N–H and O–H groups in total. The number of aromatic nitrogens is 1. The molecule has 0 spiro atoms. The van der Waals surface area contributed by atoms with E-state index in [1.54, 1.807) is 12.1 Å². The van der Waals surface area contributed by atoms with Crippen LogP contribution < -0.4 is 15.4 Å². The van der Waals surface area contributed by atoms with Crippen LogP contribution in [0.5, 0.6) is 5.75 Å². The number of ether oxygens (including phenoxy) is 2. The molecule has 1 aliphatic rings. The summed E-state index contributed by atoms with van der Waals surface area (Å²) in [5.41, 5.74) is 8.24. The van der Waals surface area contributed by atoms with E-state index in [2.05, 4.69) is 9.72 Å². The van der Waals surface area contributed by atoms with Crippen molar-refractivity contribution in [3.63, 3.8) is 0 Å². The molecule has 3 heterocycles. The minimum atomic E-state index is -4.90. The fourth-order valence-electron chi connectivity index (χ4n) is 3.48. The van der Waals surface area contributed by atoms with Crippen LogP contribution in [0.15, 0.2) is 47.3 Å². The van der Waals surface area contributed by atoms with Crippen molar-refractivity contribution in [1.82, 2.24) is 4.98 Å². The Balaban J connectivity index is 1.83. The van der Waals surface area contributed by atoms with Crippen LogP contribution in [0, 0.1) is 5.41 Å². The van der Waals surface area contributed by atoms with Crippen molar-refractivity contribution in [3.05, 3.63) is 58.4 Å². The molecule has 1 saturated heterocycles. The molecule has 0 saturated carbocycles. The summed E-state index contributed by atoms with van der Waals surface area (Å²) in [5, 5.41) is 12.6. The van der Waals surface area contributed by atoms with Crippen LogP contribution in [0.2, 0.25) is 0 Å². The van der Waals surface area contributed by atoms with Crippen LogP contribution >= 0.6 is 11.3 Å². The molecule has 31 heavy (non-hydrogen) atoms. The summed E-state index contributed by atoms with van der Waals surface area (Å²) in [7, 11) is 0. The number of nitrogen functional groups attached to an aromatic ring is 1. The summed E-state index contributed by atoms with van der Waals surface area (Å²) in [5.74, 6) is -0.405. The summed E-state index contributed by atoms with van der Waals surface area (Å²) in [4.78, 5) is 6.05. The summed E-state index contributed by atoms with van der Waals surface area (Å²) in [6, 6.07) is 7.86. The molecule has 1 aromatic carbocycles. The molecular formula is C21H19F3N4O2S. The minimum Gasteiger partial charge on any atom is -0.405 e. The molecule has 1 aliphatic heterocycles. The lowest BCUT2D eigenvalue weighted by Gasteiger charge is -2.29. The first-order valence-electron chi connectivity index (χ1n) is 9.42. The van der Waals surface area contributed by atoms with Gasteiger partial charge in [0.15, 0.2) is 0 Å². The molecular weight excluding hydrogens is 429 g/mol. The van der Waals surface area contributed by atoms with Crippen LogP contribution in [-0.2, 0) is 4.74 Å². The first kappa shape index (κ1) is 21.1. The highest BCUT2D eigenvalue weighted by Gasteiger charge is 2.33. The summed E-state index contributed by atoms with van der Waals surface area (Å²) in [6.07, 6.45) is -3.39. The molecule has 3 aromatic rings. The fraction of sp³-hybridized carbons (Fsp3) is 0.238. The number of thiophene rings is 1. The highest BCUT2D eigenvalue weighted by atomic mass is 32.1. The van der Waals surface area contributed by atoms with E-state index in [1.165, 1.54) is 29.7 Å². The number of hydrogen-bond donors (Lipinski definition) is 2. The molecule has 0 radical (unpaired) electrons. The summed E-state index contributed by atoms with van der Waals surface area (Å²) >= 11 is 1.47. The van der Waals surface area contributed by atoms with E-state index in [1.807, 2.05) is 21.7 Å². The third kappa shape index (κ3) is 4.64. The van der Waals surface area contributed by atoms with Gasteiger partial charge < -0.3 is 20.1 Å². The number of hydrogen-bond acceptors (Lipinski definition) is 7. The number of anilines is 2. The zero-order chi connectivity index (χ0) is 22.0. The van der Waals surface area contributed by atoms with E-state index in [-0.39, 0.29) is 22.7 Å². The Kier molecular flexibility index (Phi) is 5.84. The molecule has 2 aromatic heterocycles. The second kappa shape index (κ2) is 8.56. The van der Waals surface area contributed by atoms with E-state index in [0.29, 0.717) is 37.6 Å². The monoisotopic (exact) mass is 448 g/mol. The quantitative estimate of drug-likeness (QED) is 0.560. The van der Waals surface area contributed by atoms with Crippen molar-refractivity contribution in [1.29, 1.82) is 5.41 Å². The Morgan fingerprint density at radius 2 is 1.97 bits per heavy atom. The number of pyridine rings is 1. The number of rotatable bonds is 5. The second-order valence-electron chi connectivity index (χ2n) is 6.83. The van der Waals surface area contributed by atoms with Crippen LogP contribution in [0.25, 0.3) is 11.1 Å². The maximum absolute atomic E-state index is 13.1. The summed E-state index contributed by atoms with van der Waals surface area (Å²) in [6.45, 7) is 2.24. The van der Waals surface area contributed by atoms with Gasteiger partial charge in [-0.3, -0.25) is 5.41 Å². The normalized spacial score (nSPS) is 14.5. The second-order valence-corrected chi connectivity index (χ2v) is 7.61. The lowest BCUT2D eigenvalue weighted by Crippen LogP contribution is -2.36. The van der Waals surface area contributed by atoms with E-state index >= 15 is 0 Å². The lowest BCUT2D eigenvalue weighted by atomic mass is 9.94. The Morgan fingerprint density at radius 3 is 2.65 bits per heavy atom. The van der Waals surface area contributed by atoms with Crippen molar-refractivity contribution in [3.8, 4) is 16.9 Å². The topological polar surface area (TPSA) is 84.5 Å². The van der Waals surface area contributed by atoms with E-state index < -0.39 is 12.1 Å². The Labute approximate surface area is 180 Å². The molecule has 1 fully saturated rings. The van der Waals surface area contributed by atoms with E-state index in [4.69, 9.17) is 15.9 Å². The lowest BCUT2D eigenvalue weighted by molar-refractivity contribution is -0.274. The van der Waals surface area contributed by atoms with E-state index in [9.17, 15) is 13.2 Å². The molecule has 0 atom stereocenters. The Morgan fingerprint density at radius 1 is 1.19 bits per heavy atom. The number of alkyl halides is 3. The fourth-order valence-corrected chi connectivity index (χ4v) is 4.13. The van der Waals surface area contributed by atoms with Crippen molar-refractivity contribution in [2.45, 2.75) is 6.36 Å². The van der Waals surface area contributed by atoms with Crippen molar-refractivity contribution >= 4 is 28.6 Å². The Bertz CT molecular complexity index is 1080. The largest absolute Gasteiger partial charge is 0.573 e. The highest BCUT2D eigenvalue weighted by molar-refractivity contribution is 7.08. The third-order valence-electron chi connectivity index (χ3n) is 4.90. The van der Waals surface area contributed by atoms with Gasteiger partial charge in [0.1, 0.15) is 11.6 Å². The van der Waals surface area contributed by atoms with Gasteiger partial charge in [-0.25, -0.2) is 4.98 Å². The number of halogens is 3. The van der Waals surface area contributed by atoms with Gasteiger partial charge in [0, 0.05) is 30.5 Å². The van der Waals surface area contributed by atoms with Crippen LogP contribution in [-0.4, -0.2) is 43.4 Å². The Hall–Kier alpha value is -3.11. The van der Waals surface area contributed by atoms with Crippen molar-refractivity contribution in [2.24, 2.45) is 0 Å². The molecule has 10 heteroatoms. The number of nitrogens with two attached hydrogens (primary N) is 1. The van der Waals surface area contributed by atoms with Crippen LogP contribution in [0.1, 0.15) is 11.1 Å².